The molecule has 0 spiro atoms. The second kappa shape index (κ2) is 8.91. The number of ether oxygens (including phenoxy) is 1. The van der Waals surface area contributed by atoms with Crippen LogP contribution in [0.25, 0.3) is 11.3 Å². The lowest BCUT2D eigenvalue weighted by atomic mass is 9.93. The van der Waals surface area contributed by atoms with E-state index in [-0.39, 0.29) is 17.7 Å². The van der Waals surface area contributed by atoms with Crippen molar-refractivity contribution >= 4 is 5.91 Å². The number of carbonyl (C=O) groups excluding carboxylic acids is 1. The molecule has 4 rings (SSSR count). The van der Waals surface area contributed by atoms with Gasteiger partial charge < -0.3 is 14.7 Å². The van der Waals surface area contributed by atoms with E-state index >= 15 is 0 Å². The third-order valence-electron chi connectivity index (χ3n) is 5.85. The average molecular weight is 432 g/mol. The van der Waals surface area contributed by atoms with E-state index in [1.54, 1.807) is 12.1 Å². The van der Waals surface area contributed by atoms with Crippen molar-refractivity contribution in [2.24, 2.45) is 0 Å². The van der Waals surface area contributed by atoms with Gasteiger partial charge in [-0.25, -0.2) is 0 Å². The fourth-order valence-corrected chi connectivity index (χ4v) is 4.48. The minimum Gasteiger partial charge on any atom is -0.507 e. The molecule has 0 fully saturated rings. The molecule has 1 aliphatic heterocycles. The number of aromatic hydroxyl groups is 1. The van der Waals surface area contributed by atoms with Crippen molar-refractivity contribution in [2.45, 2.75) is 39.7 Å². The molecule has 0 saturated carbocycles. The van der Waals surface area contributed by atoms with Crippen LogP contribution in [0, 0.1) is 13.8 Å². The number of hydrogen-bond acceptors (Lipinski definition) is 4. The van der Waals surface area contributed by atoms with E-state index in [0.29, 0.717) is 30.1 Å². The lowest BCUT2D eigenvalue weighted by Crippen LogP contribution is -2.30. The summed E-state index contributed by atoms with van der Waals surface area (Å²) in [6.45, 7) is 10.8. The Morgan fingerprint density at radius 2 is 2.09 bits per heavy atom. The van der Waals surface area contributed by atoms with Crippen molar-refractivity contribution in [3.8, 4) is 22.8 Å². The fourth-order valence-electron chi connectivity index (χ4n) is 4.48. The number of phenols is 1. The first-order chi connectivity index (χ1) is 15.5. The van der Waals surface area contributed by atoms with Crippen molar-refractivity contribution in [1.29, 1.82) is 0 Å². The smallest absolute Gasteiger partial charge is 0.273 e. The van der Waals surface area contributed by atoms with Gasteiger partial charge in [-0.1, -0.05) is 44.2 Å². The highest BCUT2D eigenvalue weighted by Gasteiger charge is 2.42. The number of H-pyrrole nitrogens is 1. The summed E-state index contributed by atoms with van der Waals surface area (Å²) in [6, 6.07) is 11.2. The number of aryl methyl sites for hydroxylation is 2. The third-order valence-corrected chi connectivity index (χ3v) is 5.85. The van der Waals surface area contributed by atoms with Gasteiger partial charge in [-0.2, -0.15) is 5.10 Å². The van der Waals surface area contributed by atoms with Crippen LogP contribution in [0.4, 0.5) is 0 Å². The van der Waals surface area contributed by atoms with E-state index in [4.69, 9.17) is 4.74 Å². The van der Waals surface area contributed by atoms with Gasteiger partial charge in [0.2, 0.25) is 0 Å². The summed E-state index contributed by atoms with van der Waals surface area (Å²) in [5.74, 6) is 0.815. The highest BCUT2D eigenvalue weighted by atomic mass is 16.5. The number of rotatable bonds is 8. The number of amides is 1. The maximum Gasteiger partial charge on any atom is 0.273 e. The quantitative estimate of drug-likeness (QED) is 0.474. The highest BCUT2D eigenvalue weighted by Crippen LogP contribution is 2.46. The standard InChI is InChI=1S/C26H29N3O3/c1-5-7-11-29-25(18-9-8-10-19(15-18)32-12-6-2)22-23(27-28-24(22)26(29)31)21-17(4)13-16(3)14-20(21)30/h6,8-10,13-15,25,30H,2,5,7,11-12H2,1,3-4H3,(H,27,28). The van der Waals surface area contributed by atoms with Crippen LogP contribution in [0.2, 0.25) is 0 Å². The maximum absolute atomic E-state index is 13.4. The largest absolute Gasteiger partial charge is 0.507 e. The summed E-state index contributed by atoms with van der Waals surface area (Å²) in [7, 11) is 0. The Morgan fingerprint density at radius 1 is 1.28 bits per heavy atom. The third kappa shape index (κ3) is 3.77. The molecule has 1 aromatic heterocycles. The SMILES string of the molecule is C=CCOc1cccc(C2c3c(-c4c(C)cc(C)cc4O)n[nH]c3C(=O)N2CCCC)c1. The number of unbranched alkanes of at least 4 members (excludes halogenated alkanes) is 1. The Hall–Kier alpha value is -3.54. The lowest BCUT2D eigenvalue weighted by Gasteiger charge is -2.27. The topological polar surface area (TPSA) is 78.5 Å². The van der Waals surface area contributed by atoms with E-state index in [2.05, 4.69) is 23.7 Å². The van der Waals surface area contributed by atoms with Crippen molar-refractivity contribution in [2.75, 3.05) is 13.2 Å². The summed E-state index contributed by atoms with van der Waals surface area (Å²) < 4.78 is 5.75. The van der Waals surface area contributed by atoms with Crippen molar-refractivity contribution in [1.82, 2.24) is 15.1 Å². The normalized spacial score (nSPS) is 15.2. The summed E-state index contributed by atoms with van der Waals surface area (Å²) in [5, 5.41) is 18.2. The number of carbonyl (C=O) groups is 1. The first kappa shape index (κ1) is 21.7. The van der Waals surface area contributed by atoms with Gasteiger partial charge in [0.05, 0.1) is 6.04 Å². The Bertz CT molecular complexity index is 1140. The first-order valence-electron chi connectivity index (χ1n) is 11.0. The van der Waals surface area contributed by atoms with Crippen LogP contribution in [0.5, 0.6) is 11.5 Å². The van der Waals surface area contributed by atoms with Gasteiger partial charge in [-0.15, -0.1) is 0 Å². The van der Waals surface area contributed by atoms with Gasteiger partial charge in [0, 0.05) is 17.7 Å². The zero-order valence-electron chi connectivity index (χ0n) is 18.8. The molecule has 1 atom stereocenters. The van der Waals surface area contributed by atoms with Crippen LogP contribution in [-0.2, 0) is 0 Å². The molecule has 2 aromatic carbocycles. The van der Waals surface area contributed by atoms with Gasteiger partial charge in [-0.3, -0.25) is 9.89 Å². The summed E-state index contributed by atoms with van der Waals surface area (Å²) in [4.78, 5) is 15.3. The van der Waals surface area contributed by atoms with Crippen LogP contribution >= 0.6 is 0 Å². The van der Waals surface area contributed by atoms with Crippen molar-refractivity contribution in [3.05, 3.63) is 77.0 Å². The van der Waals surface area contributed by atoms with Crippen molar-refractivity contribution < 1.29 is 14.6 Å². The first-order valence-corrected chi connectivity index (χ1v) is 11.0. The Labute approximate surface area is 188 Å². The maximum atomic E-state index is 13.4. The zero-order chi connectivity index (χ0) is 22.8. The van der Waals surface area contributed by atoms with E-state index in [9.17, 15) is 9.90 Å². The summed E-state index contributed by atoms with van der Waals surface area (Å²) >= 11 is 0. The van der Waals surface area contributed by atoms with E-state index in [0.717, 1.165) is 40.8 Å². The van der Waals surface area contributed by atoms with Gasteiger partial charge in [-0.05, 0) is 55.2 Å². The van der Waals surface area contributed by atoms with Gasteiger partial charge in [0.25, 0.3) is 5.91 Å². The number of aromatic nitrogens is 2. The monoisotopic (exact) mass is 431 g/mol. The van der Waals surface area contributed by atoms with Crippen LogP contribution in [0.15, 0.2) is 49.1 Å². The zero-order valence-corrected chi connectivity index (χ0v) is 18.8. The number of benzene rings is 2. The minimum atomic E-state index is -0.315. The molecule has 166 valence electrons. The van der Waals surface area contributed by atoms with Crippen LogP contribution in [0.3, 0.4) is 0 Å². The number of phenolic OH excluding ortho intramolecular Hbond substituents is 1. The number of nitrogens with zero attached hydrogens (tertiary/aromatic N) is 2. The molecular formula is C26H29N3O3. The van der Waals surface area contributed by atoms with Crippen LogP contribution in [-0.4, -0.2) is 39.3 Å². The highest BCUT2D eigenvalue weighted by molar-refractivity contribution is 6.00. The van der Waals surface area contributed by atoms with E-state index in [1.165, 1.54) is 0 Å². The van der Waals surface area contributed by atoms with Gasteiger partial charge >= 0.3 is 0 Å². The Morgan fingerprint density at radius 3 is 2.81 bits per heavy atom. The second-order valence-electron chi connectivity index (χ2n) is 8.26. The molecule has 2 N–H and O–H groups in total. The average Bonchev–Trinajstić information content (AvgIpc) is 3.29. The summed E-state index contributed by atoms with van der Waals surface area (Å²) in [5.41, 5.74) is 5.39. The minimum absolute atomic E-state index is 0.0705. The Kier molecular flexibility index (Phi) is 6.04. The van der Waals surface area contributed by atoms with Gasteiger partial charge in [0.1, 0.15) is 29.5 Å². The summed E-state index contributed by atoms with van der Waals surface area (Å²) in [6.07, 6.45) is 3.58. The number of hydrogen-bond donors (Lipinski definition) is 2. The van der Waals surface area contributed by atoms with Gasteiger partial charge in [0.15, 0.2) is 0 Å². The molecule has 0 saturated heterocycles. The molecule has 2 heterocycles. The van der Waals surface area contributed by atoms with E-state index < -0.39 is 0 Å². The van der Waals surface area contributed by atoms with E-state index in [1.807, 2.05) is 49.1 Å². The van der Waals surface area contributed by atoms with Crippen LogP contribution < -0.4 is 4.74 Å². The molecule has 1 unspecified atom stereocenters. The number of fused-ring (bicyclic) bond motifs is 1. The molecule has 0 aliphatic carbocycles. The molecular weight excluding hydrogens is 402 g/mol. The number of aromatic amines is 1. The predicted molar refractivity (Wildman–Crippen MR) is 125 cm³/mol. The predicted octanol–water partition coefficient (Wildman–Crippen LogP) is 5.31. The Balaban J connectivity index is 1.88. The molecule has 1 aliphatic rings. The molecule has 6 heteroatoms. The fraction of sp³-hybridized carbons (Fsp3) is 0.308. The number of nitrogens with one attached hydrogen (secondary N) is 1. The molecule has 3 aromatic rings. The lowest BCUT2D eigenvalue weighted by molar-refractivity contribution is 0.0741. The molecule has 6 nitrogen and oxygen atoms in total. The second-order valence-corrected chi connectivity index (χ2v) is 8.26. The molecule has 0 bridgehead atoms. The molecule has 0 radical (unpaired) electrons. The van der Waals surface area contributed by atoms with Crippen molar-refractivity contribution in [3.63, 3.8) is 0 Å². The molecule has 32 heavy (non-hydrogen) atoms. The van der Waals surface area contributed by atoms with Crippen LogP contribution in [0.1, 0.15) is 58.5 Å². The molecule has 1 amide bonds.